The third-order valence-electron chi connectivity index (χ3n) is 3.64. The second-order valence-corrected chi connectivity index (χ2v) is 6.16. The summed E-state index contributed by atoms with van der Waals surface area (Å²) in [6, 6.07) is 3.17. The van der Waals surface area contributed by atoms with Gasteiger partial charge in [-0.3, -0.25) is 4.79 Å². The van der Waals surface area contributed by atoms with Gasteiger partial charge in [0.15, 0.2) is 0 Å². The molecule has 1 aromatic carbocycles. The van der Waals surface area contributed by atoms with E-state index in [0.29, 0.717) is 10.9 Å². The maximum Gasteiger partial charge on any atom is 0.416 e. The summed E-state index contributed by atoms with van der Waals surface area (Å²) in [6.07, 6.45) is -1.40. The third kappa shape index (κ3) is 4.20. The van der Waals surface area contributed by atoms with Crippen LogP contribution in [0, 0.1) is 5.92 Å². The number of hydrogen-bond acceptors (Lipinski definition) is 2. The summed E-state index contributed by atoms with van der Waals surface area (Å²) in [5.41, 5.74) is 5.17. The summed E-state index contributed by atoms with van der Waals surface area (Å²) >= 11 is 3.15. The molecule has 0 radical (unpaired) electrons. The number of carbonyl (C=O) groups is 1. The number of rotatable bonds is 2. The fourth-order valence-electron chi connectivity index (χ4n) is 2.50. The lowest BCUT2D eigenvalue weighted by molar-refractivity contribution is -0.137. The van der Waals surface area contributed by atoms with Gasteiger partial charge in [-0.2, -0.15) is 13.2 Å². The molecule has 0 heterocycles. The Kier molecular flexibility index (Phi) is 4.93. The molecular formula is C14H16BrF3N2O. The highest BCUT2D eigenvalue weighted by Gasteiger charge is 2.31. The van der Waals surface area contributed by atoms with Crippen molar-refractivity contribution in [2.24, 2.45) is 11.7 Å². The Morgan fingerprint density at radius 2 is 2.05 bits per heavy atom. The molecule has 2 rings (SSSR count). The molecule has 0 bridgehead atoms. The van der Waals surface area contributed by atoms with Crippen molar-refractivity contribution >= 4 is 27.5 Å². The van der Waals surface area contributed by atoms with Gasteiger partial charge >= 0.3 is 6.18 Å². The number of nitrogens with two attached hydrogens (primary N) is 1. The smallest absolute Gasteiger partial charge is 0.328 e. The molecule has 116 valence electrons. The zero-order chi connectivity index (χ0) is 15.6. The number of hydrogen-bond donors (Lipinski definition) is 2. The van der Waals surface area contributed by atoms with E-state index in [-0.39, 0.29) is 23.6 Å². The minimum Gasteiger partial charge on any atom is -0.328 e. The van der Waals surface area contributed by atoms with Crippen LogP contribution in [0.15, 0.2) is 22.7 Å². The first kappa shape index (κ1) is 16.3. The summed E-state index contributed by atoms with van der Waals surface area (Å²) in [4.78, 5) is 12.2. The molecule has 1 aliphatic rings. The van der Waals surface area contributed by atoms with E-state index >= 15 is 0 Å². The normalized spacial score (nSPS) is 22.9. The first-order valence-electron chi connectivity index (χ1n) is 6.70. The van der Waals surface area contributed by atoms with Gasteiger partial charge in [0.1, 0.15) is 0 Å². The molecule has 3 nitrogen and oxygen atoms in total. The zero-order valence-corrected chi connectivity index (χ0v) is 12.8. The molecule has 2 unspecified atom stereocenters. The number of amides is 1. The summed E-state index contributed by atoms with van der Waals surface area (Å²) in [6.45, 7) is 0. The number of nitrogens with one attached hydrogen (secondary N) is 1. The average molecular weight is 365 g/mol. The Labute approximate surface area is 129 Å². The van der Waals surface area contributed by atoms with Crippen LogP contribution >= 0.6 is 15.9 Å². The molecule has 1 saturated carbocycles. The van der Waals surface area contributed by atoms with Crippen molar-refractivity contribution in [2.75, 3.05) is 5.32 Å². The van der Waals surface area contributed by atoms with Crippen LogP contribution in [0.5, 0.6) is 0 Å². The third-order valence-corrected chi connectivity index (χ3v) is 4.33. The molecule has 0 aromatic heterocycles. The SMILES string of the molecule is NC1CCCC(C(=O)Nc2cc(C(F)(F)F)ccc2Br)C1. The number of alkyl halides is 3. The Morgan fingerprint density at radius 1 is 1.33 bits per heavy atom. The fraction of sp³-hybridized carbons (Fsp3) is 0.500. The lowest BCUT2D eigenvalue weighted by Crippen LogP contribution is -2.34. The van der Waals surface area contributed by atoms with Crippen molar-refractivity contribution in [2.45, 2.75) is 37.9 Å². The zero-order valence-electron chi connectivity index (χ0n) is 11.2. The standard InChI is InChI=1S/C14H16BrF3N2O/c15-11-5-4-9(14(16,17)18)7-12(11)20-13(21)8-2-1-3-10(19)6-8/h4-5,7-8,10H,1-3,6,19H2,(H,20,21). The van der Waals surface area contributed by atoms with E-state index in [4.69, 9.17) is 5.73 Å². The van der Waals surface area contributed by atoms with E-state index in [2.05, 4.69) is 21.2 Å². The van der Waals surface area contributed by atoms with Crippen molar-refractivity contribution in [1.29, 1.82) is 0 Å². The Bertz CT molecular complexity index is 533. The van der Waals surface area contributed by atoms with Crippen LogP contribution in [0.3, 0.4) is 0 Å². The van der Waals surface area contributed by atoms with E-state index in [9.17, 15) is 18.0 Å². The maximum atomic E-state index is 12.7. The number of halogens is 4. The van der Waals surface area contributed by atoms with Gasteiger partial charge in [-0.05, 0) is 53.4 Å². The highest BCUT2D eigenvalue weighted by molar-refractivity contribution is 9.10. The number of anilines is 1. The van der Waals surface area contributed by atoms with Crippen LogP contribution in [0.25, 0.3) is 0 Å². The van der Waals surface area contributed by atoms with Crippen molar-refractivity contribution in [3.63, 3.8) is 0 Å². The number of carbonyl (C=O) groups excluding carboxylic acids is 1. The van der Waals surface area contributed by atoms with Crippen LogP contribution in [0.2, 0.25) is 0 Å². The predicted molar refractivity (Wildman–Crippen MR) is 77.7 cm³/mol. The fourth-order valence-corrected chi connectivity index (χ4v) is 2.84. The van der Waals surface area contributed by atoms with Crippen LogP contribution < -0.4 is 11.1 Å². The molecule has 0 spiro atoms. The average Bonchev–Trinajstić information content (AvgIpc) is 2.40. The molecule has 1 aliphatic carbocycles. The van der Waals surface area contributed by atoms with Gasteiger partial charge in [-0.1, -0.05) is 6.42 Å². The summed E-state index contributed by atoms with van der Waals surface area (Å²) in [5.74, 6) is -0.514. The van der Waals surface area contributed by atoms with Gasteiger partial charge < -0.3 is 11.1 Å². The molecule has 1 amide bonds. The van der Waals surface area contributed by atoms with E-state index in [1.807, 2.05) is 0 Å². The lowest BCUT2D eigenvalue weighted by atomic mass is 9.85. The summed E-state index contributed by atoms with van der Waals surface area (Å²) in [7, 11) is 0. The molecule has 0 saturated heterocycles. The minimum atomic E-state index is -4.44. The first-order chi connectivity index (χ1) is 9.77. The van der Waals surface area contributed by atoms with Gasteiger partial charge in [-0.15, -0.1) is 0 Å². The molecular weight excluding hydrogens is 349 g/mol. The van der Waals surface area contributed by atoms with E-state index in [0.717, 1.165) is 31.4 Å². The molecule has 21 heavy (non-hydrogen) atoms. The van der Waals surface area contributed by atoms with Gasteiger partial charge in [0.25, 0.3) is 0 Å². The second-order valence-electron chi connectivity index (χ2n) is 5.31. The quantitative estimate of drug-likeness (QED) is 0.835. The topological polar surface area (TPSA) is 55.1 Å². The van der Waals surface area contributed by atoms with Crippen molar-refractivity contribution < 1.29 is 18.0 Å². The molecule has 1 aromatic rings. The van der Waals surface area contributed by atoms with Gasteiger partial charge in [0.2, 0.25) is 5.91 Å². The summed E-state index contributed by atoms with van der Waals surface area (Å²) < 4.78 is 38.5. The predicted octanol–water partition coefficient (Wildman–Crippen LogP) is 3.92. The Hall–Kier alpha value is -1.08. The van der Waals surface area contributed by atoms with E-state index in [1.165, 1.54) is 6.07 Å². The monoisotopic (exact) mass is 364 g/mol. The van der Waals surface area contributed by atoms with Gasteiger partial charge in [0, 0.05) is 16.4 Å². The van der Waals surface area contributed by atoms with E-state index < -0.39 is 11.7 Å². The van der Waals surface area contributed by atoms with E-state index in [1.54, 1.807) is 0 Å². The minimum absolute atomic E-state index is 0.0144. The van der Waals surface area contributed by atoms with Crippen LogP contribution in [-0.4, -0.2) is 11.9 Å². The van der Waals surface area contributed by atoms with Gasteiger partial charge in [0.05, 0.1) is 11.3 Å². The summed E-state index contributed by atoms with van der Waals surface area (Å²) in [5, 5.41) is 2.57. The Balaban J connectivity index is 2.13. The molecule has 1 fully saturated rings. The van der Waals surface area contributed by atoms with Crippen LogP contribution in [0.1, 0.15) is 31.2 Å². The van der Waals surface area contributed by atoms with Crippen molar-refractivity contribution in [1.82, 2.24) is 0 Å². The maximum absolute atomic E-state index is 12.7. The van der Waals surface area contributed by atoms with Gasteiger partial charge in [-0.25, -0.2) is 0 Å². The lowest BCUT2D eigenvalue weighted by Gasteiger charge is -2.26. The van der Waals surface area contributed by atoms with Crippen LogP contribution in [-0.2, 0) is 11.0 Å². The van der Waals surface area contributed by atoms with Crippen LogP contribution in [0.4, 0.5) is 18.9 Å². The highest BCUT2D eigenvalue weighted by Crippen LogP contribution is 2.34. The molecule has 7 heteroatoms. The Morgan fingerprint density at radius 3 is 2.67 bits per heavy atom. The largest absolute Gasteiger partial charge is 0.416 e. The highest BCUT2D eigenvalue weighted by atomic mass is 79.9. The number of benzene rings is 1. The molecule has 2 atom stereocenters. The van der Waals surface area contributed by atoms with Crippen molar-refractivity contribution in [3.8, 4) is 0 Å². The van der Waals surface area contributed by atoms with Crippen molar-refractivity contribution in [3.05, 3.63) is 28.2 Å². The molecule has 3 N–H and O–H groups in total. The second kappa shape index (κ2) is 6.36. The molecule has 0 aliphatic heterocycles. The first-order valence-corrected chi connectivity index (χ1v) is 7.50.